The fourth-order valence-corrected chi connectivity index (χ4v) is 4.97. The molecule has 2 aromatic heterocycles. The average Bonchev–Trinajstić information content (AvgIpc) is 3.58. The Morgan fingerprint density at radius 1 is 0.895 bits per heavy atom. The molecule has 0 saturated carbocycles. The van der Waals surface area contributed by atoms with Crippen LogP contribution in [0.4, 0.5) is 10.5 Å². The van der Waals surface area contributed by atoms with Crippen LogP contribution in [0.25, 0.3) is 22.5 Å². The zero-order valence-electron chi connectivity index (χ0n) is 19.9. The average molecular weight is 529 g/mol. The van der Waals surface area contributed by atoms with Crippen molar-refractivity contribution in [3.63, 3.8) is 0 Å². The van der Waals surface area contributed by atoms with E-state index in [-0.39, 0.29) is 0 Å². The third kappa shape index (κ3) is 4.14. The van der Waals surface area contributed by atoms with Crippen molar-refractivity contribution in [2.75, 3.05) is 11.4 Å². The molecule has 2 saturated heterocycles. The molecule has 6 rings (SSSR count). The molecule has 4 amide bonds. The zero-order chi connectivity index (χ0) is 26.3. The van der Waals surface area contributed by atoms with Crippen LogP contribution in [0.1, 0.15) is 12.8 Å². The van der Waals surface area contributed by atoms with Crippen LogP contribution in [0.3, 0.4) is 0 Å². The molecule has 2 fully saturated rings. The van der Waals surface area contributed by atoms with E-state index in [0.29, 0.717) is 41.7 Å². The van der Waals surface area contributed by atoms with Crippen molar-refractivity contribution in [2.24, 2.45) is 0 Å². The topological polar surface area (TPSA) is 129 Å². The SMILES string of the molecule is O=C1NC(=O)C2(CCCN2c2ccc(Oc3ccc(-c4cc(-c5ccc(Cl)cc5)n[nH]4)cc3)nc2)C(=O)N1. The number of hydrogen-bond donors (Lipinski definition) is 3. The molecule has 2 aliphatic rings. The Bertz CT molecular complexity index is 1510. The first-order valence-corrected chi connectivity index (χ1v) is 12.3. The van der Waals surface area contributed by atoms with Crippen LogP contribution >= 0.6 is 11.6 Å². The number of rotatable bonds is 5. The fraction of sp³-hybridized carbons (Fsp3) is 0.148. The molecular weight excluding hydrogens is 508 g/mol. The van der Waals surface area contributed by atoms with Gasteiger partial charge in [0.2, 0.25) is 5.88 Å². The van der Waals surface area contributed by atoms with E-state index in [1.54, 1.807) is 23.2 Å². The van der Waals surface area contributed by atoms with Gasteiger partial charge in [-0.25, -0.2) is 9.78 Å². The third-order valence-corrected chi connectivity index (χ3v) is 6.98. The molecule has 4 aromatic rings. The molecular formula is C27H21ClN6O4. The monoisotopic (exact) mass is 528 g/mol. The third-order valence-electron chi connectivity index (χ3n) is 6.72. The second-order valence-corrected chi connectivity index (χ2v) is 9.44. The highest BCUT2D eigenvalue weighted by atomic mass is 35.5. The van der Waals surface area contributed by atoms with Crippen LogP contribution in [0.5, 0.6) is 11.6 Å². The van der Waals surface area contributed by atoms with Crippen molar-refractivity contribution in [3.8, 4) is 34.1 Å². The van der Waals surface area contributed by atoms with E-state index in [4.69, 9.17) is 16.3 Å². The summed E-state index contributed by atoms with van der Waals surface area (Å²) in [5, 5.41) is 12.5. The minimum Gasteiger partial charge on any atom is -0.439 e. The summed E-state index contributed by atoms with van der Waals surface area (Å²) in [6.45, 7) is 0.478. The molecule has 0 unspecified atom stereocenters. The van der Waals surface area contributed by atoms with Crippen molar-refractivity contribution < 1.29 is 19.1 Å². The van der Waals surface area contributed by atoms with Gasteiger partial charge in [0.05, 0.1) is 23.3 Å². The molecule has 0 aliphatic carbocycles. The number of H-pyrrole nitrogens is 1. The van der Waals surface area contributed by atoms with Gasteiger partial charge < -0.3 is 9.64 Å². The zero-order valence-corrected chi connectivity index (χ0v) is 20.7. The van der Waals surface area contributed by atoms with Crippen molar-refractivity contribution in [1.82, 2.24) is 25.8 Å². The Labute approximate surface area is 222 Å². The fourth-order valence-electron chi connectivity index (χ4n) is 4.84. The number of ether oxygens (including phenoxy) is 1. The van der Waals surface area contributed by atoms with Crippen LogP contribution in [0.2, 0.25) is 5.02 Å². The first kappa shape index (κ1) is 23.7. The second kappa shape index (κ2) is 9.31. The standard InChI is InChI=1S/C27H21ClN6O4/c28-18-6-2-16(3-7-18)21-14-22(33-32-21)17-4-9-20(10-5-17)38-23-11-8-19(15-29-23)34-13-1-12-27(34)24(35)30-26(37)31-25(27)36/h2-11,14-15H,1,12-13H2,(H,32,33)(H2,30,31,35,36,37). The van der Waals surface area contributed by atoms with Gasteiger partial charge in [-0.15, -0.1) is 0 Å². The minimum atomic E-state index is -1.46. The van der Waals surface area contributed by atoms with Crippen LogP contribution in [-0.2, 0) is 9.59 Å². The smallest absolute Gasteiger partial charge is 0.328 e. The predicted molar refractivity (Wildman–Crippen MR) is 140 cm³/mol. The number of benzene rings is 2. The number of urea groups is 1. The van der Waals surface area contributed by atoms with Crippen LogP contribution in [0.15, 0.2) is 72.9 Å². The molecule has 2 aromatic carbocycles. The number of anilines is 1. The second-order valence-electron chi connectivity index (χ2n) is 9.01. The van der Waals surface area contributed by atoms with Crippen LogP contribution < -0.4 is 20.3 Å². The lowest BCUT2D eigenvalue weighted by Crippen LogP contribution is -2.71. The van der Waals surface area contributed by atoms with Gasteiger partial charge >= 0.3 is 6.03 Å². The minimum absolute atomic E-state index is 0.306. The Morgan fingerprint density at radius 2 is 1.61 bits per heavy atom. The summed E-state index contributed by atoms with van der Waals surface area (Å²) in [5.41, 5.74) is 2.70. The van der Waals surface area contributed by atoms with E-state index < -0.39 is 23.4 Å². The van der Waals surface area contributed by atoms with E-state index in [1.165, 1.54) is 0 Å². The number of imide groups is 2. The molecule has 1 spiro atoms. The number of hydrogen-bond acceptors (Lipinski definition) is 7. The number of pyridine rings is 1. The Hall–Kier alpha value is -4.70. The van der Waals surface area contributed by atoms with Gasteiger partial charge in [-0.3, -0.25) is 25.3 Å². The summed E-state index contributed by atoms with van der Waals surface area (Å²) in [6, 6.07) is 19.6. The molecule has 0 bridgehead atoms. The van der Waals surface area contributed by atoms with E-state index in [1.807, 2.05) is 54.6 Å². The number of carbonyl (C=O) groups excluding carboxylic acids is 3. The first-order valence-electron chi connectivity index (χ1n) is 11.9. The van der Waals surface area contributed by atoms with Gasteiger partial charge in [0.15, 0.2) is 5.54 Å². The quantitative estimate of drug-likeness (QED) is 0.329. The highest BCUT2D eigenvalue weighted by Gasteiger charge is 2.57. The van der Waals surface area contributed by atoms with Gasteiger partial charge in [0.25, 0.3) is 11.8 Å². The molecule has 38 heavy (non-hydrogen) atoms. The molecule has 10 nitrogen and oxygen atoms in total. The number of halogens is 1. The van der Waals surface area contributed by atoms with Crippen molar-refractivity contribution >= 4 is 35.1 Å². The molecule has 3 N–H and O–H groups in total. The summed E-state index contributed by atoms with van der Waals surface area (Å²) in [4.78, 5) is 42.9. The summed E-state index contributed by atoms with van der Waals surface area (Å²) in [7, 11) is 0. The molecule has 11 heteroatoms. The maximum absolute atomic E-state index is 12.7. The van der Waals surface area contributed by atoms with Gasteiger partial charge in [-0.05, 0) is 66.9 Å². The highest BCUT2D eigenvalue weighted by Crippen LogP contribution is 2.36. The predicted octanol–water partition coefficient (Wildman–Crippen LogP) is 4.29. The number of carbonyl (C=O) groups is 3. The summed E-state index contributed by atoms with van der Waals surface area (Å²) in [5.74, 6) is -0.300. The lowest BCUT2D eigenvalue weighted by molar-refractivity contribution is -0.137. The van der Waals surface area contributed by atoms with Crippen molar-refractivity contribution in [1.29, 1.82) is 0 Å². The maximum atomic E-state index is 12.7. The molecule has 0 atom stereocenters. The number of nitrogens with zero attached hydrogens (tertiary/aromatic N) is 3. The molecule has 0 radical (unpaired) electrons. The van der Waals surface area contributed by atoms with Crippen molar-refractivity contribution in [2.45, 2.75) is 18.4 Å². The van der Waals surface area contributed by atoms with E-state index in [2.05, 4.69) is 25.8 Å². The number of barbiturate groups is 1. The summed E-state index contributed by atoms with van der Waals surface area (Å²) in [6.07, 6.45) is 2.48. The Kier molecular flexibility index (Phi) is 5.80. The lowest BCUT2D eigenvalue weighted by atomic mass is 9.92. The van der Waals surface area contributed by atoms with Crippen molar-refractivity contribution in [3.05, 3.63) is 77.9 Å². The van der Waals surface area contributed by atoms with Gasteiger partial charge in [-0.1, -0.05) is 23.7 Å². The van der Waals surface area contributed by atoms with Crippen LogP contribution in [0, 0.1) is 0 Å². The number of amides is 4. The van der Waals surface area contributed by atoms with Gasteiger partial charge in [0, 0.05) is 23.2 Å². The summed E-state index contributed by atoms with van der Waals surface area (Å²) >= 11 is 5.97. The summed E-state index contributed by atoms with van der Waals surface area (Å²) < 4.78 is 5.89. The largest absolute Gasteiger partial charge is 0.439 e. The van der Waals surface area contributed by atoms with Gasteiger partial charge in [-0.2, -0.15) is 5.10 Å². The first-order chi connectivity index (χ1) is 18.4. The normalized spacial score (nSPS) is 16.4. The van der Waals surface area contributed by atoms with Crippen LogP contribution in [-0.4, -0.2) is 45.1 Å². The number of nitrogens with one attached hydrogen (secondary N) is 3. The lowest BCUT2D eigenvalue weighted by Gasteiger charge is -2.38. The van der Waals surface area contributed by atoms with Gasteiger partial charge in [0.1, 0.15) is 5.75 Å². The highest BCUT2D eigenvalue weighted by molar-refractivity contribution is 6.30. The molecule has 4 heterocycles. The van der Waals surface area contributed by atoms with E-state index in [0.717, 1.165) is 22.5 Å². The van der Waals surface area contributed by atoms with E-state index >= 15 is 0 Å². The molecule has 2 aliphatic heterocycles. The van der Waals surface area contributed by atoms with E-state index in [9.17, 15) is 14.4 Å². The Morgan fingerprint density at radius 3 is 2.29 bits per heavy atom. The number of aromatic amines is 1. The maximum Gasteiger partial charge on any atom is 0.328 e. The molecule has 190 valence electrons. The Balaban J connectivity index is 1.15. The number of aromatic nitrogens is 3.